The average Bonchev–Trinajstić information content (AvgIpc) is 2.75. The SMILES string of the molecule is Cc1ccc(C(=O)NC2CCC(Nc3nc4c(c(N(C)C)n3)CCCC4)CC2)cc1. The molecule has 1 aromatic heterocycles. The minimum Gasteiger partial charge on any atom is -0.362 e. The van der Waals surface area contributed by atoms with Crippen molar-refractivity contribution in [3.05, 3.63) is 46.6 Å². The molecule has 0 spiro atoms. The van der Waals surface area contributed by atoms with Crippen LogP contribution in [0.25, 0.3) is 0 Å². The fourth-order valence-electron chi connectivity index (χ4n) is 4.55. The molecule has 0 saturated heterocycles. The summed E-state index contributed by atoms with van der Waals surface area (Å²) in [5.74, 6) is 1.84. The standard InChI is InChI=1S/C24H33N5O/c1-16-8-10-17(11-9-16)23(30)25-18-12-14-19(15-13-18)26-24-27-21-7-5-4-6-20(21)22(28-24)29(2)3/h8-11,18-19H,4-7,12-15H2,1-3H3,(H,25,30)(H,26,27,28). The van der Waals surface area contributed by atoms with Crippen LogP contribution in [-0.2, 0) is 12.8 Å². The zero-order valence-corrected chi connectivity index (χ0v) is 18.4. The van der Waals surface area contributed by atoms with Crippen molar-refractivity contribution in [2.24, 2.45) is 0 Å². The number of aryl methyl sites for hydroxylation is 2. The molecular formula is C24H33N5O. The summed E-state index contributed by atoms with van der Waals surface area (Å²) >= 11 is 0. The van der Waals surface area contributed by atoms with Crippen molar-refractivity contribution >= 4 is 17.7 Å². The van der Waals surface area contributed by atoms with E-state index in [1.165, 1.54) is 29.7 Å². The van der Waals surface area contributed by atoms with Crippen LogP contribution in [0.4, 0.5) is 11.8 Å². The second-order valence-corrected chi connectivity index (χ2v) is 8.93. The van der Waals surface area contributed by atoms with E-state index >= 15 is 0 Å². The molecule has 0 atom stereocenters. The van der Waals surface area contributed by atoms with Gasteiger partial charge in [0.1, 0.15) is 5.82 Å². The highest BCUT2D eigenvalue weighted by Gasteiger charge is 2.25. The molecular weight excluding hydrogens is 374 g/mol. The van der Waals surface area contributed by atoms with E-state index in [9.17, 15) is 4.79 Å². The predicted octanol–water partition coefficient (Wildman–Crippen LogP) is 3.88. The number of hydrogen-bond donors (Lipinski definition) is 2. The number of nitrogens with zero attached hydrogens (tertiary/aromatic N) is 3. The van der Waals surface area contributed by atoms with Crippen LogP contribution in [0.2, 0.25) is 0 Å². The second kappa shape index (κ2) is 9.02. The van der Waals surface area contributed by atoms with Gasteiger partial charge in [-0.2, -0.15) is 4.98 Å². The summed E-state index contributed by atoms with van der Waals surface area (Å²) < 4.78 is 0. The largest absolute Gasteiger partial charge is 0.362 e. The van der Waals surface area contributed by atoms with E-state index in [1.807, 2.05) is 31.2 Å². The average molecular weight is 408 g/mol. The maximum Gasteiger partial charge on any atom is 0.251 e. The van der Waals surface area contributed by atoms with E-state index in [0.29, 0.717) is 6.04 Å². The van der Waals surface area contributed by atoms with Gasteiger partial charge in [-0.3, -0.25) is 4.79 Å². The number of benzene rings is 1. The summed E-state index contributed by atoms with van der Waals surface area (Å²) in [5.41, 5.74) is 4.43. The number of carbonyl (C=O) groups excluding carboxylic acids is 1. The Morgan fingerprint density at radius 1 is 0.967 bits per heavy atom. The summed E-state index contributed by atoms with van der Waals surface area (Å²) in [5, 5.41) is 6.78. The molecule has 6 heteroatoms. The fourth-order valence-corrected chi connectivity index (χ4v) is 4.55. The quantitative estimate of drug-likeness (QED) is 0.787. The second-order valence-electron chi connectivity index (χ2n) is 8.93. The van der Waals surface area contributed by atoms with Crippen LogP contribution >= 0.6 is 0 Å². The van der Waals surface area contributed by atoms with Gasteiger partial charge in [-0.25, -0.2) is 4.98 Å². The first-order valence-corrected chi connectivity index (χ1v) is 11.2. The third kappa shape index (κ3) is 4.74. The van der Waals surface area contributed by atoms with Gasteiger partial charge in [0.2, 0.25) is 5.95 Å². The molecule has 1 fully saturated rings. The van der Waals surface area contributed by atoms with Gasteiger partial charge in [-0.15, -0.1) is 0 Å². The molecule has 1 saturated carbocycles. The van der Waals surface area contributed by atoms with E-state index in [2.05, 4.69) is 29.6 Å². The Morgan fingerprint density at radius 3 is 2.33 bits per heavy atom. The Hall–Kier alpha value is -2.63. The minimum atomic E-state index is 0.0278. The van der Waals surface area contributed by atoms with Gasteiger partial charge >= 0.3 is 0 Å². The lowest BCUT2D eigenvalue weighted by Crippen LogP contribution is -2.40. The molecule has 0 unspecified atom stereocenters. The summed E-state index contributed by atoms with van der Waals surface area (Å²) in [6, 6.07) is 8.35. The summed E-state index contributed by atoms with van der Waals surface area (Å²) in [4.78, 5) is 24.3. The number of carbonyl (C=O) groups is 1. The van der Waals surface area contributed by atoms with E-state index in [0.717, 1.165) is 55.9 Å². The first-order chi connectivity index (χ1) is 14.5. The van der Waals surface area contributed by atoms with Gasteiger partial charge in [0.15, 0.2) is 0 Å². The number of hydrogen-bond acceptors (Lipinski definition) is 5. The Bertz CT molecular complexity index is 885. The molecule has 2 aliphatic carbocycles. The van der Waals surface area contributed by atoms with Gasteiger partial charge in [0, 0.05) is 37.3 Å². The Kier molecular flexibility index (Phi) is 6.21. The van der Waals surface area contributed by atoms with Crippen molar-refractivity contribution in [1.82, 2.24) is 15.3 Å². The smallest absolute Gasteiger partial charge is 0.251 e. The number of nitrogens with one attached hydrogen (secondary N) is 2. The van der Waals surface area contributed by atoms with Gasteiger partial charge < -0.3 is 15.5 Å². The van der Waals surface area contributed by atoms with Crippen LogP contribution in [0, 0.1) is 6.92 Å². The Morgan fingerprint density at radius 2 is 1.63 bits per heavy atom. The molecule has 0 radical (unpaired) electrons. The van der Waals surface area contributed by atoms with Crippen LogP contribution in [0.15, 0.2) is 24.3 Å². The first kappa shape index (κ1) is 20.6. The zero-order valence-electron chi connectivity index (χ0n) is 18.4. The van der Waals surface area contributed by atoms with Crippen LogP contribution in [0.5, 0.6) is 0 Å². The number of fused-ring (bicyclic) bond motifs is 1. The van der Waals surface area contributed by atoms with E-state index in [-0.39, 0.29) is 11.9 Å². The molecule has 2 aromatic rings. The van der Waals surface area contributed by atoms with Gasteiger partial charge in [0.25, 0.3) is 5.91 Å². The molecule has 4 rings (SSSR count). The zero-order chi connectivity index (χ0) is 21.1. The highest BCUT2D eigenvalue weighted by atomic mass is 16.1. The van der Waals surface area contributed by atoms with Gasteiger partial charge in [-0.05, 0) is 70.4 Å². The minimum absolute atomic E-state index is 0.0278. The predicted molar refractivity (Wildman–Crippen MR) is 121 cm³/mol. The number of anilines is 2. The molecule has 6 nitrogen and oxygen atoms in total. The highest BCUT2D eigenvalue weighted by Crippen LogP contribution is 2.29. The van der Waals surface area contributed by atoms with Crippen LogP contribution in [0.3, 0.4) is 0 Å². The molecule has 1 aromatic carbocycles. The van der Waals surface area contributed by atoms with Crippen molar-refractivity contribution in [2.45, 2.75) is 70.4 Å². The van der Waals surface area contributed by atoms with Crippen LogP contribution in [-0.4, -0.2) is 42.1 Å². The topological polar surface area (TPSA) is 70.2 Å². The van der Waals surface area contributed by atoms with E-state index in [4.69, 9.17) is 9.97 Å². The lowest BCUT2D eigenvalue weighted by Gasteiger charge is -2.30. The van der Waals surface area contributed by atoms with Crippen molar-refractivity contribution in [3.63, 3.8) is 0 Å². The maximum absolute atomic E-state index is 12.5. The normalized spacial score (nSPS) is 20.9. The fraction of sp³-hybridized carbons (Fsp3) is 0.542. The Balaban J connectivity index is 1.34. The third-order valence-corrected chi connectivity index (χ3v) is 6.29. The highest BCUT2D eigenvalue weighted by molar-refractivity contribution is 5.94. The van der Waals surface area contributed by atoms with Crippen LogP contribution in [0.1, 0.15) is 65.7 Å². The van der Waals surface area contributed by atoms with Crippen molar-refractivity contribution in [3.8, 4) is 0 Å². The van der Waals surface area contributed by atoms with E-state index in [1.54, 1.807) is 0 Å². The molecule has 160 valence electrons. The first-order valence-electron chi connectivity index (χ1n) is 11.2. The monoisotopic (exact) mass is 407 g/mol. The lowest BCUT2D eigenvalue weighted by atomic mass is 9.91. The van der Waals surface area contributed by atoms with Gasteiger partial charge in [-0.1, -0.05) is 17.7 Å². The van der Waals surface area contributed by atoms with Crippen LogP contribution < -0.4 is 15.5 Å². The van der Waals surface area contributed by atoms with Crippen molar-refractivity contribution in [1.29, 1.82) is 0 Å². The molecule has 2 N–H and O–H groups in total. The summed E-state index contributed by atoms with van der Waals surface area (Å²) in [6.45, 7) is 2.03. The molecule has 2 aliphatic rings. The maximum atomic E-state index is 12.5. The number of amides is 1. The third-order valence-electron chi connectivity index (χ3n) is 6.29. The molecule has 1 heterocycles. The van der Waals surface area contributed by atoms with E-state index < -0.39 is 0 Å². The Labute approximate surface area is 179 Å². The summed E-state index contributed by atoms with van der Waals surface area (Å²) in [6.07, 6.45) is 8.53. The molecule has 30 heavy (non-hydrogen) atoms. The molecule has 1 amide bonds. The summed E-state index contributed by atoms with van der Waals surface area (Å²) in [7, 11) is 4.12. The van der Waals surface area contributed by atoms with Crippen molar-refractivity contribution in [2.75, 3.05) is 24.3 Å². The van der Waals surface area contributed by atoms with Crippen molar-refractivity contribution < 1.29 is 4.79 Å². The molecule has 0 bridgehead atoms. The lowest BCUT2D eigenvalue weighted by molar-refractivity contribution is 0.0926. The molecule has 0 aliphatic heterocycles. The number of aromatic nitrogens is 2. The number of rotatable bonds is 5. The van der Waals surface area contributed by atoms with Gasteiger partial charge in [0.05, 0.1) is 5.69 Å².